The third kappa shape index (κ3) is 3.92. The zero-order valence-electron chi connectivity index (χ0n) is 15.1. The highest BCUT2D eigenvalue weighted by atomic mass is 16.6. The lowest BCUT2D eigenvalue weighted by atomic mass is 9.80. The summed E-state index contributed by atoms with van der Waals surface area (Å²) in [5, 5.41) is 9.70. The molecule has 0 spiro atoms. The van der Waals surface area contributed by atoms with E-state index in [1.54, 1.807) is 0 Å². The fourth-order valence-electron chi connectivity index (χ4n) is 3.24. The summed E-state index contributed by atoms with van der Waals surface area (Å²) in [6, 6.07) is 29.0. The monoisotopic (exact) mass is 362 g/mol. The van der Waals surface area contributed by atoms with Crippen molar-refractivity contribution < 1.29 is 19.4 Å². The van der Waals surface area contributed by atoms with Crippen molar-refractivity contribution in [3.05, 3.63) is 108 Å². The van der Waals surface area contributed by atoms with Gasteiger partial charge in [0.15, 0.2) is 6.10 Å². The van der Waals surface area contributed by atoms with Gasteiger partial charge in [-0.2, -0.15) is 0 Å². The van der Waals surface area contributed by atoms with E-state index in [-0.39, 0.29) is 6.61 Å². The van der Waals surface area contributed by atoms with Crippen LogP contribution in [0.2, 0.25) is 0 Å². The molecule has 0 aromatic heterocycles. The van der Waals surface area contributed by atoms with E-state index in [1.807, 2.05) is 91.0 Å². The van der Waals surface area contributed by atoms with Crippen molar-refractivity contribution in [2.45, 2.75) is 11.7 Å². The van der Waals surface area contributed by atoms with E-state index in [9.17, 15) is 9.90 Å². The molecular weight excluding hydrogens is 340 g/mol. The Labute approximate surface area is 159 Å². The fourth-order valence-corrected chi connectivity index (χ4v) is 3.24. The van der Waals surface area contributed by atoms with E-state index >= 15 is 0 Å². The Morgan fingerprint density at radius 2 is 1.19 bits per heavy atom. The average Bonchev–Trinajstić information content (AvgIpc) is 2.73. The molecule has 4 heteroatoms. The molecule has 4 nitrogen and oxygen atoms in total. The topological polar surface area (TPSA) is 55.8 Å². The lowest BCUT2D eigenvalue weighted by molar-refractivity contribution is -0.163. The second-order valence-electron chi connectivity index (χ2n) is 6.18. The number of methoxy groups -OCH3 is 1. The van der Waals surface area contributed by atoms with Gasteiger partial charge in [-0.1, -0.05) is 91.0 Å². The minimum absolute atomic E-state index is 0.0520. The molecule has 0 aliphatic heterocycles. The highest BCUT2D eigenvalue weighted by molar-refractivity contribution is 5.72. The van der Waals surface area contributed by atoms with Crippen molar-refractivity contribution >= 4 is 5.97 Å². The summed E-state index contributed by atoms with van der Waals surface area (Å²) in [7, 11) is 1.47. The highest BCUT2D eigenvalue weighted by Crippen LogP contribution is 2.41. The molecular formula is C23H22O4. The van der Waals surface area contributed by atoms with Crippen LogP contribution in [0.1, 0.15) is 16.7 Å². The Hall–Kier alpha value is -2.95. The van der Waals surface area contributed by atoms with Gasteiger partial charge in [-0.05, 0) is 16.7 Å². The molecule has 3 aromatic carbocycles. The SMILES string of the molecule is COC[C@@H](OC(c1ccccc1)(c1ccccc1)c1ccccc1)C(=O)O. The first kappa shape index (κ1) is 18.8. The molecule has 138 valence electrons. The number of carbonyl (C=O) groups is 1. The average molecular weight is 362 g/mol. The van der Waals surface area contributed by atoms with Crippen LogP contribution in [-0.2, 0) is 19.9 Å². The maximum Gasteiger partial charge on any atom is 0.335 e. The van der Waals surface area contributed by atoms with Gasteiger partial charge in [-0.25, -0.2) is 4.79 Å². The van der Waals surface area contributed by atoms with E-state index in [0.29, 0.717) is 0 Å². The molecule has 1 atom stereocenters. The van der Waals surface area contributed by atoms with E-state index in [1.165, 1.54) is 7.11 Å². The van der Waals surface area contributed by atoms with Crippen LogP contribution in [0.25, 0.3) is 0 Å². The molecule has 0 aliphatic rings. The van der Waals surface area contributed by atoms with Gasteiger partial charge in [0.2, 0.25) is 0 Å². The van der Waals surface area contributed by atoms with E-state index in [2.05, 4.69) is 0 Å². The van der Waals surface area contributed by atoms with Gasteiger partial charge in [0.05, 0.1) is 6.61 Å². The van der Waals surface area contributed by atoms with Crippen LogP contribution >= 0.6 is 0 Å². The molecule has 0 heterocycles. The second-order valence-corrected chi connectivity index (χ2v) is 6.18. The number of rotatable bonds is 8. The van der Waals surface area contributed by atoms with Gasteiger partial charge < -0.3 is 14.6 Å². The van der Waals surface area contributed by atoms with Crippen LogP contribution in [-0.4, -0.2) is 30.9 Å². The minimum atomic E-state index is -1.13. The molecule has 0 unspecified atom stereocenters. The number of hydrogen-bond donors (Lipinski definition) is 1. The molecule has 0 amide bonds. The maximum absolute atomic E-state index is 11.9. The Kier molecular flexibility index (Phi) is 6.01. The predicted octanol–water partition coefficient (Wildman–Crippen LogP) is 4.09. The van der Waals surface area contributed by atoms with Gasteiger partial charge >= 0.3 is 5.97 Å². The standard InChI is InChI=1S/C23H22O4/c1-26-17-21(22(24)25)27-23(18-11-5-2-6-12-18,19-13-7-3-8-14-19)20-15-9-4-10-16-20/h2-16,21H,17H2,1H3,(H,24,25)/t21-/m1/s1. The number of benzene rings is 3. The van der Waals surface area contributed by atoms with Gasteiger partial charge in [-0.15, -0.1) is 0 Å². The zero-order chi connectivity index (χ0) is 19.1. The molecule has 0 aliphatic carbocycles. The Bertz CT molecular complexity index is 751. The fraction of sp³-hybridized carbons (Fsp3) is 0.174. The van der Waals surface area contributed by atoms with Gasteiger partial charge in [0.1, 0.15) is 5.60 Å². The molecule has 0 saturated heterocycles. The third-order valence-electron chi connectivity index (χ3n) is 4.45. The van der Waals surface area contributed by atoms with Gasteiger partial charge in [0.25, 0.3) is 0 Å². The van der Waals surface area contributed by atoms with Crippen molar-refractivity contribution in [2.24, 2.45) is 0 Å². The first-order valence-corrected chi connectivity index (χ1v) is 8.74. The number of carboxylic acids is 1. The zero-order valence-corrected chi connectivity index (χ0v) is 15.1. The predicted molar refractivity (Wildman–Crippen MR) is 104 cm³/mol. The van der Waals surface area contributed by atoms with E-state index < -0.39 is 17.7 Å². The van der Waals surface area contributed by atoms with Crippen molar-refractivity contribution in [3.8, 4) is 0 Å². The van der Waals surface area contributed by atoms with Crippen molar-refractivity contribution in [2.75, 3.05) is 13.7 Å². The smallest absolute Gasteiger partial charge is 0.335 e. The second kappa shape index (κ2) is 8.62. The lowest BCUT2D eigenvalue weighted by Gasteiger charge is -2.37. The largest absolute Gasteiger partial charge is 0.479 e. The summed E-state index contributed by atoms with van der Waals surface area (Å²) in [6.07, 6.45) is -1.13. The summed E-state index contributed by atoms with van der Waals surface area (Å²) in [5.41, 5.74) is 1.48. The molecule has 0 fully saturated rings. The van der Waals surface area contributed by atoms with Crippen LogP contribution in [0.4, 0.5) is 0 Å². The Morgan fingerprint density at radius 1 is 0.815 bits per heavy atom. The lowest BCUT2D eigenvalue weighted by Crippen LogP contribution is -2.41. The molecule has 0 saturated carbocycles. The van der Waals surface area contributed by atoms with Crippen LogP contribution in [0, 0.1) is 0 Å². The molecule has 3 rings (SSSR count). The summed E-state index contributed by atoms with van der Waals surface area (Å²) >= 11 is 0. The van der Waals surface area contributed by atoms with Crippen LogP contribution < -0.4 is 0 Å². The third-order valence-corrected chi connectivity index (χ3v) is 4.45. The Balaban J connectivity index is 2.27. The quantitative estimate of drug-likeness (QED) is 0.613. The number of carboxylic acid groups (broad SMARTS) is 1. The number of ether oxygens (including phenoxy) is 2. The Morgan fingerprint density at radius 3 is 1.48 bits per heavy atom. The normalized spacial score (nSPS) is 12.5. The number of aliphatic carboxylic acids is 1. The summed E-state index contributed by atoms with van der Waals surface area (Å²) in [4.78, 5) is 11.9. The molecule has 1 N–H and O–H groups in total. The van der Waals surface area contributed by atoms with Gasteiger partial charge in [0, 0.05) is 7.11 Å². The van der Waals surface area contributed by atoms with Crippen molar-refractivity contribution in [3.63, 3.8) is 0 Å². The first-order chi connectivity index (χ1) is 13.2. The van der Waals surface area contributed by atoms with Crippen LogP contribution in [0.3, 0.4) is 0 Å². The molecule has 0 bridgehead atoms. The first-order valence-electron chi connectivity index (χ1n) is 8.74. The van der Waals surface area contributed by atoms with Crippen LogP contribution in [0.15, 0.2) is 91.0 Å². The molecule has 27 heavy (non-hydrogen) atoms. The van der Waals surface area contributed by atoms with Crippen molar-refractivity contribution in [1.29, 1.82) is 0 Å². The summed E-state index contributed by atoms with van der Waals surface area (Å²) < 4.78 is 11.5. The van der Waals surface area contributed by atoms with E-state index in [0.717, 1.165) is 16.7 Å². The molecule has 3 aromatic rings. The van der Waals surface area contributed by atoms with Crippen molar-refractivity contribution in [1.82, 2.24) is 0 Å². The minimum Gasteiger partial charge on any atom is -0.479 e. The van der Waals surface area contributed by atoms with Crippen LogP contribution in [0.5, 0.6) is 0 Å². The maximum atomic E-state index is 11.9. The summed E-state index contributed by atoms with van der Waals surface area (Å²) in [5.74, 6) is -1.07. The highest BCUT2D eigenvalue weighted by Gasteiger charge is 2.41. The summed E-state index contributed by atoms with van der Waals surface area (Å²) in [6.45, 7) is -0.0520. The number of hydrogen-bond acceptors (Lipinski definition) is 3. The van der Waals surface area contributed by atoms with Gasteiger partial charge in [-0.3, -0.25) is 0 Å². The molecule has 0 radical (unpaired) electrons. The van der Waals surface area contributed by atoms with E-state index in [4.69, 9.17) is 9.47 Å².